The number of rotatable bonds is 4. The monoisotopic (exact) mass is 249 g/mol. The topological polar surface area (TPSA) is 12.0 Å². The molecule has 0 bridgehead atoms. The maximum absolute atomic E-state index is 13.4. The Kier molecular flexibility index (Phi) is 3.92. The molecule has 0 aliphatic heterocycles. The molecule has 0 saturated heterocycles. The first kappa shape index (κ1) is 12.3. The minimum atomic E-state index is -0.168. The summed E-state index contributed by atoms with van der Waals surface area (Å²) in [5.41, 5.74) is 3.14. The number of hydrogen-bond acceptors (Lipinski definition) is 2. The average molecular weight is 249 g/mol. The van der Waals surface area contributed by atoms with Gasteiger partial charge in [-0.1, -0.05) is 13.0 Å². The maximum Gasteiger partial charge on any atom is 0.123 e. The molecule has 1 nitrogen and oxygen atoms in total. The molecule has 0 radical (unpaired) electrons. The van der Waals surface area contributed by atoms with Crippen LogP contribution in [0, 0.1) is 12.7 Å². The molecule has 0 aliphatic carbocycles. The fourth-order valence-electron chi connectivity index (χ4n) is 2.00. The molecule has 1 heterocycles. The molecule has 0 fully saturated rings. The highest BCUT2D eigenvalue weighted by Gasteiger charge is 2.14. The Bertz CT molecular complexity index is 459. The van der Waals surface area contributed by atoms with Crippen molar-refractivity contribution in [1.82, 2.24) is 5.32 Å². The molecule has 2 aromatic rings. The number of aryl methyl sites for hydroxylation is 1. The lowest BCUT2D eigenvalue weighted by Gasteiger charge is -2.18. The molecule has 90 valence electrons. The van der Waals surface area contributed by atoms with Gasteiger partial charge in [0.05, 0.1) is 6.04 Å². The first-order valence-corrected chi connectivity index (χ1v) is 6.67. The third kappa shape index (κ3) is 2.93. The van der Waals surface area contributed by atoms with E-state index in [0.717, 1.165) is 17.7 Å². The summed E-state index contributed by atoms with van der Waals surface area (Å²) in [4.78, 5) is 0. The van der Waals surface area contributed by atoms with E-state index in [-0.39, 0.29) is 11.9 Å². The Morgan fingerprint density at radius 3 is 2.71 bits per heavy atom. The first-order valence-electron chi connectivity index (χ1n) is 5.73. The first-order chi connectivity index (χ1) is 8.20. The van der Waals surface area contributed by atoms with E-state index in [9.17, 15) is 4.39 Å². The molecule has 1 atom stereocenters. The molecule has 0 spiro atoms. The van der Waals surface area contributed by atoms with Crippen LogP contribution in [0.2, 0.25) is 0 Å². The fraction of sp³-hybridized carbons (Fsp3) is 0.286. The van der Waals surface area contributed by atoms with Crippen molar-refractivity contribution in [1.29, 1.82) is 0 Å². The quantitative estimate of drug-likeness (QED) is 0.866. The van der Waals surface area contributed by atoms with Gasteiger partial charge in [0.25, 0.3) is 0 Å². The number of halogens is 1. The van der Waals surface area contributed by atoms with Gasteiger partial charge in [0.15, 0.2) is 0 Å². The number of benzene rings is 1. The fourth-order valence-corrected chi connectivity index (χ4v) is 2.69. The van der Waals surface area contributed by atoms with Crippen molar-refractivity contribution >= 4 is 11.3 Å². The molecule has 1 unspecified atom stereocenters. The van der Waals surface area contributed by atoms with Crippen LogP contribution in [0.25, 0.3) is 0 Å². The summed E-state index contributed by atoms with van der Waals surface area (Å²) in [6.07, 6.45) is 0. The van der Waals surface area contributed by atoms with E-state index >= 15 is 0 Å². The lowest BCUT2D eigenvalue weighted by Crippen LogP contribution is -2.21. The molecule has 0 saturated carbocycles. The van der Waals surface area contributed by atoms with Crippen molar-refractivity contribution < 1.29 is 4.39 Å². The highest BCUT2D eigenvalue weighted by molar-refractivity contribution is 7.08. The summed E-state index contributed by atoms with van der Waals surface area (Å²) in [5, 5.41) is 7.55. The van der Waals surface area contributed by atoms with Gasteiger partial charge in [-0.3, -0.25) is 0 Å². The summed E-state index contributed by atoms with van der Waals surface area (Å²) in [6, 6.07) is 7.37. The van der Waals surface area contributed by atoms with Crippen molar-refractivity contribution in [2.24, 2.45) is 0 Å². The van der Waals surface area contributed by atoms with E-state index in [1.165, 1.54) is 5.56 Å². The third-order valence-corrected chi connectivity index (χ3v) is 3.38. The Labute approximate surface area is 105 Å². The van der Waals surface area contributed by atoms with Crippen LogP contribution in [-0.2, 0) is 0 Å². The zero-order chi connectivity index (χ0) is 12.3. The normalized spacial score (nSPS) is 12.6. The predicted octanol–water partition coefficient (Wildman–Crippen LogP) is 3.89. The number of nitrogens with one attached hydrogen (secondary N) is 1. The second-order valence-corrected chi connectivity index (χ2v) is 4.89. The van der Waals surface area contributed by atoms with Crippen LogP contribution in [0.15, 0.2) is 35.0 Å². The van der Waals surface area contributed by atoms with Crippen LogP contribution in [0.4, 0.5) is 4.39 Å². The second-order valence-electron chi connectivity index (χ2n) is 4.11. The van der Waals surface area contributed by atoms with Crippen LogP contribution in [0.3, 0.4) is 0 Å². The molecule has 1 N–H and O–H groups in total. The molecular weight excluding hydrogens is 233 g/mol. The third-order valence-electron chi connectivity index (χ3n) is 2.68. The van der Waals surface area contributed by atoms with E-state index in [0.29, 0.717) is 0 Å². The Balaban J connectivity index is 2.38. The van der Waals surface area contributed by atoms with Crippen LogP contribution < -0.4 is 5.32 Å². The molecule has 3 heteroatoms. The minimum Gasteiger partial charge on any atom is -0.307 e. The zero-order valence-electron chi connectivity index (χ0n) is 10.0. The van der Waals surface area contributed by atoms with Gasteiger partial charge in [0, 0.05) is 0 Å². The van der Waals surface area contributed by atoms with Gasteiger partial charge in [-0.25, -0.2) is 4.39 Å². The molecule has 0 amide bonds. The molecule has 1 aromatic heterocycles. The van der Waals surface area contributed by atoms with Crippen molar-refractivity contribution in [3.8, 4) is 0 Å². The summed E-state index contributed by atoms with van der Waals surface area (Å²) < 4.78 is 13.4. The van der Waals surface area contributed by atoms with Gasteiger partial charge in [0.2, 0.25) is 0 Å². The highest BCUT2D eigenvalue weighted by Crippen LogP contribution is 2.25. The molecule has 1 aromatic carbocycles. The zero-order valence-corrected chi connectivity index (χ0v) is 10.9. The smallest absolute Gasteiger partial charge is 0.123 e. The summed E-state index contributed by atoms with van der Waals surface area (Å²) in [7, 11) is 0. The van der Waals surface area contributed by atoms with Gasteiger partial charge in [-0.15, -0.1) is 0 Å². The second kappa shape index (κ2) is 5.43. The summed E-state index contributed by atoms with van der Waals surface area (Å²) >= 11 is 1.66. The molecule has 2 rings (SSSR count). The number of hydrogen-bond donors (Lipinski definition) is 1. The molecule has 0 aliphatic rings. The molecule has 17 heavy (non-hydrogen) atoms. The number of thiophene rings is 1. The van der Waals surface area contributed by atoms with Crippen LogP contribution in [0.5, 0.6) is 0 Å². The minimum absolute atomic E-state index is 0.0839. The SMILES string of the molecule is CCNC(c1ccsc1)c1cc(C)cc(F)c1. The summed E-state index contributed by atoms with van der Waals surface area (Å²) in [5.74, 6) is -0.168. The largest absolute Gasteiger partial charge is 0.307 e. The van der Waals surface area contributed by atoms with Crippen molar-refractivity contribution in [2.75, 3.05) is 6.54 Å². The van der Waals surface area contributed by atoms with E-state index in [4.69, 9.17) is 0 Å². The van der Waals surface area contributed by atoms with Crippen molar-refractivity contribution in [3.63, 3.8) is 0 Å². The molecular formula is C14H16FNS. The van der Waals surface area contributed by atoms with Gasteiger partial charge >= 0.3 is 0 Å². The highest BCUT2D eigenvalue weighted by atomic mass is 32.1. The van der Waals surface area contributed by atoms with E-state index < -0.39 is 0 Å². The van der Waals surface area contributed by atoms with Gasteiger partial charge < -0.3 is 5.32 Å². The van der Waals surface area contributed by atoms with Crippen LogP contribution in [0.1, 0.15) is 29.7 Å². The Morgan fingerprint density at radius 2 is 2.12 bits per heavy atom. The van der Waals surface area contributed by atoms with Gasteiger partial charge in [-0.2, -0.15) is 11.3 Å². The Hall–Kier alpha value is -1.19. The van der Waals surface area contributed by atoms with Gasteiger partial charge in [-0.05, 0) is 59.1 Å². The lowest BCUT2D eigenvalue weighted by molar-refractivity contribution is 0.602. The van der Waals surface area contributed by atoms with E-state index in [2.05, 4.69) is 23.7 Å². The van der Waals surface area contributed by atoms with Crippen molar-refractivity contribution in [3.05, 3.63) is 57.5 Å². The lowest BCUT2D eigenvalue weighted by atomic mass is 9.99. The van der Waals surface area contributed by atoms with Crippen LogP contribution in [-0.4, -0.2) is 6.54 Å². The standard InChI is InChI=1S/C14H16FNS/c1-3-16-14(11-4-5-17-9-11)12-6-10(2)7-13(15)8-12/h4-9,14,16H,3H2,1-2H3. The van der Waals surface area contributed by atoms with Crippen LogP contribution >= 0.6 is 11.3 Å². The average Bonchev–Trinajstić information content (AvgIpc) is 2.77. The maximum atomic E-state index is 13.4. The van der Waals surface area contributed by atoms with Gasteiger partial charge in [0.1, 0.15) is 5.82 Å². The summed E-state index contributed by atoms with van der Waals surface area (Å²) in [6.45, 7) is 4.84. The van der Waals surface area contributed by atoms with E-state index in [1.54, 1.807) is 23.5 Å². The van der Waals surface area contributed by atoms with Crippen molar-refractivity contribution in [2.45, 2.75) is 19.9 Å². The van der Waals surface area contributed by atoms with E-state index in [1.807, 2.05) is 18.4 Å². The Morgan fingerprint density at radius 1 is 1.29 bits per heavy atom. The predicted molar refractivity (Wildman–Crippen MR) is 71.0 cm³/mol.